The lowest BCUT2D eigenvalue weighted by Crippen LogP contribution is -2.41. The highest BCUT2D eigenvalue weighted by Crippen LogP contribution is 2.34. The predicted octanol–water partition coefficient (Wildman–Crippen LogP) is 0.639. The van der Waals surface area contributed by atoms with E-state index in [-0.39, 0.29) is 24.0 Å². The maximum Gasteiger partial charge on any atom is 0.220 e. The van der Waals surface area contributed by atoms with Crippen LogP contribution in [0.3, 0.4) is 0 Å². The van der Waals surface area contributed by atoms with Crippen LogP contribution in [0.25, 0.3) is 0 Å². The molecule has 1 aliphatic carbocycles. The van der Waals surface area contributed by atoms with Gasteiger partial charge in [0.15, 0.2) is 0 Å². The van der Waals surface area contributed by atoms with Gasteiger partial charge in [0.1, 0.15) is 0 Å². The van der Waals surface area contributed by atoms with E-state index in [1.165, 1.54) is 0 Å². The molecule has 0 aliphatic heterocycles. The first-order valence-corrected chi connectivity index (χ1v) is 6.13. The van der Waals surface area contributed by atoms with Crippen LogP contribution >= 0.6 is 0 Å². The molecule has 0 aromatic rings. The van der Waals surface area contributed by atoms with Gasteiger partial charge < -0.3 is 16.2 Å². The quantitative estimate of drug-likeness (QED) is 0.598. The Hall–Kier alpha value is -0.610. The average molecular weight is 228 g/mol. The highest BCUT2D eigenvalue weighted by Gasteiger charge is 2.43. The molecule has 0 aromatic heterocycles. The largest absolute Gasteiger partial charge is 0.394 e. The molecule has 1 atom stereocenters. The van der Waals surface area contributed by atoms with Gasteiger partial charge >= 0.3 is 0 Å². The predicted molar refractivity (Wildman–Crippen MR) is 63.8 cm³/mol. The topological polar surface area (TPSA) is 75.4 Å². The van der Waals surface area contributed by atoms with Gasteiger partial charge in [0, 0.05) is 6.42 Å². The highest BCUT2D eigenvalue weighted by atomic mass is 16.3. The zero-order valence-corrected chi connectivity index (χ0v) is 10.3. The number of carbonyl (C=O) groups is 1. The Bertz CT molecular complexity index is 237. The first kappa shape index (κ1) is 13.5. The van der Waals surface area contributed by atoms with E-state index in [1.807, 2.05) is 0 Å². The normalized spacial score (nSPS) is 19.6. The lowest BCUT2D eigenvalue weighted by Gasteiger charge is -2.19. The minimum atomic E-state index is -0.298. The Balaban J connectivity index is 2.31. The first-order chi connectivity index (χ1) is 7.51. The van der Waals surface area contributed by atoms with Gasteiger partial charge in [0.05, 0.1) is 12.1 Å². The van der Waals surface area contributed by atoms with E-state index in [0.29, 0.717) is 18.9 Å². The van der Waals surface area contributed by atoms with Gasteiger partial charge in [0.2, 0.25) is 5.91 Å². The van der Waals surface area contributed by atoms with Crippen LogP contribution < -0.4 is 11.1 Å². The summed E-state index contributed by atoms with van der Waals surface area (Å²) in [6.07, 6.45) is 3.26. The molecule has 4 heteroatoms. The van der Waals surface area contributed by atoms with Gasteiger partial charge in [0.25, 0.3) is 0 Å². The van der Waals surface area contributed by atoms with Crippen molar-refractivity contribution in [3.05, 3.63) is 0 Å². The zero-order valence-electron chi connectivity index (χ0n) is 10.3. The van der Waals surface area contributed by atoms with Crippen LogP contribution in [0.15, 0.2) is 0 Å². The molecular formula is C12H24N2O2. The van der Waals surface area contributed by atoms with Crippen molar-refractivity contribution in [3.63, 3.8) is 0 Å². The molecule has 4 N–H and O–H groups in total. The Morgan fingerprint density at radius 1 is 1.50 bits per heavy atom. The molecule has 0 saturated heterocycles. The third kappa shape index (κ3) is 4.10. The summed E-state index contributed by atoms with van der Waals surface area (Å²) in [5.41, 5.74) is 5.35. The molecule has 0 spiro atoms. The van der Waals surface area contributed by atoms with Gasteiger partial charge in [-0.3, -0.25) is 4.79 Å². The monoisotopic (exact) mass is 228 g/mol. The maximum atomic E-state index is 11.7. The molecule has 0 radical (unpaired) electrons. The van der Waals surface area contributed by atoms with E-state index in [9.17, 15) is 4.79 Å². The third-order valence-electron chi connectivity index (χ3n) is 3.17. The number of hydrogen-bond donors (Lipinski definition) is 3. The molecule has 1 amide bonds. The van der Waals surface area contributed by atoms with Gasteiger partial charge in [-0.2, -0.15) is 0 Å². The molecule has 0 bridgehead atoms. The van der Waals surface area contributed by atoms with E-state index in [4.69, 9.17) is 10.8 Å². The molecule has 1 aliphatic rings. The fourth-order valence-electron chi connectivity index (χ4n) is 2.01. The SMILES string of the molecule is CC(C)C[C@H](CN)CC(=O)NC1(CO)CC1. The second kappa shape index (κ2) is 5.64. The van der Waals surface area contributed by atoms with Crippen LogP contribution in [0.1, 0.15) is 39.5 Å². The van der Waals surface area contributed by atoms with Gasteiger partial charge in [-0.15, -0.1) is 0 Å². The number of hydrogen-bond acceptors (Lipinski definition) is 3. The smallest absolute Gasteiger partial charge is 0.220 e. The van der Waals surface area contributed by atoms with Crippen LogP contribution in [0.4, 0.5) is 0 Å². The number of aliphatic hydroxyl groups excluding tert-OH is 1. The molecular weight excluding hydrogens is 204 g/mol. The van der Waals surface area contributed by atoms with E-state index >= 15 is 0 Å². The van der Waals surface area contributed by atoms with Crippen LogP contribution in [0.5, 0.6) is 0 Å². The number of carbonyl (C=O) groups excluding carboxylic acids is 1. The van der Waals surface area contributed by atoms with Crippen molar-refractivity contribution < 1.29 is 9.90 Å². The van der Waals surface area contributed by atoms with E-state index in [2.05, 4.69) is 19.2 Å². The third-order valence-corrected chi connectivity index (χ3v) is 3.17. The van der Waals surface area contributed by atoms with Crippen LogP contribution in [0.2, 0.25) is 0 Å². The summed E-state index contributed by atoms with van der Waals surface area (Å²) in [6.45, 7) is 4.88. The molecule has 16 heavy (non-hydrogen) atoms. The van der Waals surface area contributed by atoms with Crippen LogP contribution in [-0.4, -0.2) is 29.7 Å². The lowest BCUT2D eigenvalue weighted by atomic mass is 9.94. The second-order valence-electron chi connectivity index (χ2n) is 5.42. The molecule has 0 aromatic carbocycles. The van der Waals surface area contributed by atoms with Crippen molar-refractivity contribution in [2.45, 2.75) is 45.1 Å². The molecule has 0 unspecified atom stereocenters. The van der Waals surface area contributed by atoms with Crippen molar-refractivity contribution in [1.29, 1.82) is 0 Å². The minimum absolute atomic E-state index is 0.0302. The van der Waals surface area contributed by atoms with Gasteiger partial charge in [-0.25, -0.2) is 0 Å². The summed E-state index contributed by atoms with van der Waals surface area (Å²) in [4.78, 5) is 11.7. The molecule has 1 rings (SSSR count). The van der Waals surface area contributed by atoms with Crippen molar-refractivity contribution in [3.8, 4) is 0 Å². The number of rotatable bonds is 7. The summed E-state index contributed by atoms with van der Waals surface area (Å²) in [7, 11) is 0. The molecule has 1 fully saturated rings. The van der Waals surface area contributed by atoms with E-state index in [0.717, 1.165) is 19.3 Å². The van der Waals surface area contributed by atoms with Crippen molar-refractivity contribution in [1.82, 2.24) is 5.32 Å². The standard InChI is InChI=1S/C12H24N2O2/c1-9(2)5-10(7-13)6-11(16)14-12(8-15)3-4-12/h9-10,15H,3-8,13H2,1-2H3,(H,14,16)/t10-/m0/s1. The number of aliphatic hydroxyl groups is 1. The summed E-state index contributed by atoms with van der Waals surface area (Å²) in [5, 5.41) is 12.0. The van der Waals surface area contributed by atoms with Gasteiger partial charge in [-0.1, -0.05) is 13.8 Å². The number of nitrogens with two attached hydrogens (primary N) is 1. The van der Waals surface area contributed by atoms with Crippen LogP contribution in [0, 0.1) is 11.8 Å². The lowest BCUT2D eigenvalue weighted by molar-refractivity contribution is -0.123. The number of nitrogens with one attached hydrogen (secondary N) is 1. The summed E-state index contributed by atoms with van der Waals surface area (Å²) in [5.74, 6) is 0.853. The fourth-order valence-corrected chi connectivity index (χ4v) is 2.01. The second-order valence-corrected chi connectivity index (χ2v) is 5.42. The molecule has 1 saturated carbocycles. The minimum Gasteiger partial charge on any atom is -0.394 e. The summed E-state index contributed by atoms with van der Waals surface area (Å²) < 4.78 is 0. The first-order valence-electron chi connectivity index (χ1n) is 6.13. The van der Waals surface area contributed by atoms with Crippen molar-refractivity contribution in [2.24, 2.45) is 17.6 Å². The van der Waals surface area contributed by atoms with Gasteiger partial charge in [-0.05, 0) is 37.6 Å². The Kier molecular flexibility index (Phi) is 4.74. The Morgan fingerprint density at radius 3 is 2.50 bits per heavy atom. The average Bonchev–Trinajstić information content (AvgIpc) is 2.96. The van der Waals surface area contributed by atoms with E-state index in [1.54, 1.807) is 0 Å². The maximum absolute atomic E-state index is 11.7. The van der Waals surface area contributed by atoms with Crippen molar-refractivity contribution in [2.75, 3.05) is 13.2 Å². The Morgan fingerprint density at radius 2 is 2.12 bits per heavy atom. The fraction of sp³-hybridized carbons (Fsp3) is 0.917. The molecule has 94 valence electrons. The van der Waals surface area contributed by atoms with Crippen molar-refractivity contribution >= 4 is 5.91 Å². The number of amides is 1. The van der Waals surface area contributed by atoms with Crippen LogP contribution in [-0.2, 0) is 4.79 Å². The molecule has 0 heterocycles. The zero-order chi connectivity index (χ0) is 12.2. The van der Waals surface area contributed by atoms with E-state index < -0.39 is 0 Å². The highest BCUT2D eigenvalue weighted by molar-refractivity contribution is 5.77. The molecule has 4 nitrogen and oxygen atoms in total. The summed E-state index contributed by atoms with van der Waals surface area (Å²) in [6, 6.07) is 0. The Labute approximate surface area is 97.6 Å². The summed E-state index contributed by atoms with van der Waals surface area (Å²) >= 11 is 0.